The van der Waals surface area contributed by atoms with E-state index in [1.807, 2.05) is 42.5 Å². The fourth-order valence-electron chi connectivity index (χ4n) is 3.24. The van der Waals surface area contributed by atoms with Crippen molar-refractivity contribution in [1.29, 1.82) is 0 Å². The lowest BCUT2D eigenvalue weighted by Gasteiger charge is -2.41. The van der Waals surface area contributed by atoms with Gasteiger partial charge in [-0.05, 0) is 17.7 Å². The van der Waals surface area contributed by atoms with Crippen LogP contribution < -0.4 is 4.90 Å². The van der Waals surface area contributed by atoms with E-state index < -0.39 is 0 Å². The van der Waals surface area contributed by atoms with E-state index in [9.17, 15) is 4.79 Å². The molecule has 142 valence electrons. The van der Waals surface area contributed by atoms with Gasteiger partial charge in [-0.3, -0.25) is 0 Å². The van der Waals surface area contributed by atoms with Gasteiger partial charge in [0, 0.05) is 25.5 Å². The van der Waals surface area contributed by atoms with Gasteiger partial charge in [-0.25, -0.2) is 24.7 Å². The first-order valence-electron chi connectivity index (χ1n) is 9.05. The number of carbonyl (C=O) groups excluding carboxylic acids is 1. The Morgan fingerprint density at radius 2 is 1.79 bits per heavy atom. The molecule has 0 bridgehead atoms. The highest BCUT2D eigenvalue weighted by molar-refractivity contribution is 5.68. The van der Waals surface area contributed by atoms with Crippen molar-refractivity contribution in [3.8, 4) is 0 Å². The zero-order valence-electron chi connectivity index (χ0n) is 15.3. The molecule has 1 fully saturated rings. The third-order valence-corrected chi connectivity index (χ3v) is 4.65. The molecule has 3 aromatic rings. The molecular weight excluding hydrogens is 356 g/mol. The Hall–Kier alpha value is -3.55. The number of hydrogen-bond acceptors (Lipinski definition) is 7. The highest BCUT2D eigenvalue weighted by atomic mass is 16.6. The predicted octanol–water partition coefficient (Wildman–Crippen LogP) is 2.47. The summed E-state index contributed by atoms with van der Waals surface area (Å²) in [5.41, 5.74) is 1.79. The monoisotopic (exact) mass is 376 g/mol. The van der Waals surface area contributed by atoms with Gasteiger partial charge in [0.15, 0.2) is 0 Å². The van der Waals surface area contributed by atoms with Gasteiger partial charge in [-0.1, -0.05) is 30.3 Å². The molecule has 8 heteroatoms. The van der Waals surface area contributed by atoms with E-state index in [-0.39, 0.29) is 18.7 Å². The van der Waals surface area contributed by atoms with E-state index >= 15 is 0 Å². The van der Waals surface area contributed by atoms with Crippen LogP contribution in [0.2, 0.25) is 0 Å². The molecule has 28 heavy (non-hydrogen) atoms. The summed E-state index contributed by atoms with van der Waals surface area (Å²) in [7, 11) is 0. The molecule has 0 aliphatic carbocycles. The van der Waals surface area contributed by atoms with Gasteiger partial charge in [0.25, 0.3) is 0 Å². The SMILES string of the molecule is O=C(OCc1ccccc1)N1CCN(c2ccncn2)C(c2ccncn2)C1. The Balaban J connectivity index is 1.49. The molecule has 1 aromatic carbocycles. The van der Waals surface area contributed by atoms with Crippen molar-refractivity contribution in [2.24, 2.45) is 0 Å². The van der Waals surface area contributed by atoms with E-state index in [2.05, 4.69) is 24.8 Å². The fraction of sp³-hybridized carbons (Fsp3) is 0.250. The number of ether oxygens (including phenoxy) is 1. The average molecular weight is 376 g/mol. The van der Waals surface area contributed by atoms with Crippen LogP contribution >= 0.6 is 0 Å². The molecular formula is C20H20N6O2. The van der Waals surface area contributed by atoms with Crippen molar-refractivity contribution in [2.45, 2.75) is 12.6 Å². The number of benzene rings is 1. The molecule has 1 amide bonds. The number of rotatable bonds is 4. The van der Waals surface area contributed by atoms with Gasteiger partial charge < -0.3 is 14.5 Å². The average Bonchev–Trinajstić information content (AvgIpc) is 2.79. The van der Waals surface area contributed by atoms with Crippen molar-refractivity contribution in [3.63, 3.8) is 0 Å². The van der Waals surface area contributed by atoms with E-state index in [0.29, 0.717) is 19.6 Å². The van der Waals surface area contributed by atoms with Crippen LogP contribution in [0, 0.1) is 0 Å². The minimum atomic E-state index is -0.328. The number of aromatic nitrogens is 4. The summed E-state index contributed by atoms with van der Waals surface area (Å²) in [4.78, 5) is 33.2. The lowest BCUT2D eigenvalue weighted by Crippen LogP contribution is -2.51. The third kappa shape index (κ3) is 4.06. The Morgan fingerprint density at radius 3 is 2.50 bits per heavy atom. The minimum absolute atomic E-state index is 0.143. The molecule has 1 saturated heterocycles. The van der Waals surface area contributed by atoms with Crippen molar-refractivity contribution >= 4 is 11.9 Å². The summed E-state index contributed by atoms with van der Waals surface area (Å²) in [6, 6.07) is 13.2. The second kappa shape index (κ2) is 8.43. The van der Waals surface area contributed by atoms with Crippen LogP contribution in [0.4, 0.5) is 10.6 Å². The van der Waals surface area contributed by atoms with E-state index in [1.165, 1.54) is 12.7 Å². The summed E-state index contributed by atoms with van der Waals surface area (Å²) in [5.74, 6) is 0.802. The summed E-state index contributed by atoms with van der Waals surface area (Å²) in [5, 5.41) is 0. The van der Waals surface area contributed by atoms with Crippen LogP contribution in [0.1, 0.15) is 17.3 Å². The molecule has 1 aliphatic heterocycles. The van der Waals surface area contributed by atoms with Crippen molar-refractivity contribution < 1.29 is 9.53 Å². The summed E-state index contributed by atoms with van der Waals surface area (Å²) < 4.78 is 5.50. The summed E-state index contributed by atoms with van der Waals surface area (Å²) in [6.45, 7) is 1.87. The zero-order chi connectivity index (χ0) is 19.2. The Morgan fingerprint density at radius 1 is 1.00 bits per heavy atom. The molecule has 1 atom stereocenters. The van der Waals surface area contributed by atoms with Gasteiger partial charge in [0.1, 0.15) is 25.1 Å². The van der Waals surface area contributed by atoms with Crippen molar-refractivity contribution in [3.05, 3.63) is 78.8 Å². The van der Waals surface area contributed by atoms with Crippen LogP contribution in [-0.4, -0.2) is 50.6 Å². The second-order valence-corrected chi connectivity index (χ2v) is 6.40. The fourth-order valence-corrected chi connectivity index (χ4v) is 3.24. The summed E-state index contributed by atoms with van der Waals surface area (Å²) in [6.07, 6.45) is 6.12. The highest BCUT2D eigenvalue weighted by Crippen LogP contribution is 2.28. The van der Waals surface area contributed by atoms with Crippen LogP contribution in [0.25, 0.3) is 0 Å². The molecule has 4 rings (SSSR count). The Labute approximate surface area is 162 Å². The van der Waals surface area contributed by atoms with Gasteiger partial charge in [0.05, 0.1) is 18.3 Å². The lowest BCUT2D eigenvalue weighted by molar-refractivity contribution is 0.0886. The maximum atomic E-state index is 12.6. The van der Waals surface area contributed by atoms with Gasteiger partial charge in [0.2, 0.25) is 0 Å². The lowest BCUT2D eigenvalue weighted by atomic mass is 10.1. The first-order chi connectivity index (χ1) is 13.8. The Kier molecular flexibility index (Phi) is 5.37. The van der Waals surface area contributed by atoms with Crippen molar-refractivity contribution in [1.82, 2.24) is 24.8 Å². The maximum Gasteiger partial charge on any atom is 0.410 e. The molecule has 1 unspecified atom stereocenters. The molecule has 1 aliphatic rings. The smallest absolute Gasteiger partial charge is 0.410 e. The number of hydrogen-bond donors (Lipinski definition) is 0. The van der Waals surface area contributed by atoms with E-state index in [4.69, 9.17) is 4.74 Å². The molecule has 8 nitrogen and oxygen atoms in total. The van der Waals surface area contributed by atoms with E-state index in [0.717, 1.165) is 17.1 Å². The Bertz CT molecular complexity index is 894. The topological polar surface area (TPSA) is 84.3 Å². The normalized spacial score (nSPS) is 16.6. The summed E-state index contributed by atoms with van der Waals surface area (Å²) >= 11 is 0. The largest absolute Gasteiger partial charge is 0.445 e. The molecule has 0 radical (unpaired) electrons. The van der Waals surface area contributed by atoms with Crippen LogP contribution in [0.15, 0.2) is 67.5 Å². The van der Waals surface area contributed by atoms with E-state index in [1.54, 1.807) is 17.3 Å². The highest BCUT2D eigenvalue weighted by Gasteiger charge is 2.33. The van der Waals surface area contributed by atoms with Gasteiger partial charge in [-0.2, -0.15) is 0 Å². The second-order valence-electron chi connectivity index (χ2n) is 6.40. The first kappa shape index (κ1) is 17.8. The van der Waals surface area contributed by atoms with Gasteiger partial charge >= 0.3 is 6.09 Å². The number of carbonyl (C=O) groups is 1. The molecule has 0 spiro atoms. The predicted molar refractivity (Wildman–Crippen MR) is 102 cm³/mol. The van der Waals surface area contributed by atoms with Gasteiger partial charge in [-0.15, -0.1) is 0 Å². The zero-order valence-corrected chi connectivity index (χ0v) is 15.3. The molecule has 0 saturated carbocycles. The van der Waals surface area contributed by atoms with Crippen LogP contribution in [0.5, 0.6) is 0 Å². The number of anilines is 1. The van der Waals surface area contributed by atoms with Crippen molar-refractivity contribution in [2.75, 3.05) is 24.5 Å². The third-order valence-electron chi connectivity index (χ3n) is 4.65. The molecule has 3 heterocycles. The number of amides is 1. The van der Waals surface area contributed by atoms with Crippen LogP contribution in [-0.2, 0) is 11.3 Å². The standard InChI is InChI=1S/C20H20N6O2/c27-20(28-13-16-4-2-1-3-5-16)25-10-11-26(19-7-9-22-15-24-19)18(12-25)17-6-8-21-14-23-17/h1-9,14-15,18H,10-13H2. The minimum Gasteiger partial charge on any atom is -0.445 e. The number of piperazine rings is 1. The number of nitrogens with zero attached hydrogens (tertiary/aromatic N) is 6. The quantitative estimate of drug-likeness (QED) is 0.691. The maximum absolute atomic E-state index is 12.6. The molecule has 2 aromatic heterocycles. The van der Waals surface area contributed by atoms with Crippen LogP contribution in [0.3, 0.4) is 0 Å². The first-order valence-corrected chi connectivity index (χ1v) is 9.05. The molecule has 0 N–H and O–H groups in total.